The number of nitrogens with zero attached hydrogens (tertiary/aromatic N) is 3. The van der Waals surface area contributed by atoms with Gasteiger partial charge in [0.2, 0.25) is 11.8 Å². The van der Waals surface area contributed by atoms with Crippen molar-refractivity contribution in [3.05, 3.63) is 77.0 Å². The second kappa shape index (κ2) is 12.8. The lowest BCUT2D eigenvalue weighted by molar-refractivity contribution is -0.165. The van der Waals surface area contributed by atoms with E-state index in [1.54, 1.807) is 47.2 Å². The molecule has 0 aliphatic carbocycles. The number of carbonyl (C=O) groups excluding carboxylic acids is 2. The second-order valence-electron chi connectivity index (χ2n) is 9.34. The van der Waals surface area contributed by atoms with Crippen molar-refractivity contribution >= 4 is 23.4 Å². The van der Waals surface area contributed by atoms with Gasteiger partial charge in [0.25, 0.3) is 5.88 Å². The van der Waals surface area contributed by atoms with Gasteiger partial charge in [0.15, 0.2) is 0 Å². The van der Waals surface area contributed by atoms with Crippen LogP contribution >= 0.6 is 11.6 Å². The van der Waals surface area contributed by atoms with Gasteiger partial charge in [-0.05, 0) is 35.0 Å². The number of halogens is 1. The molecular weight excluding hydrogens is 510 g/mol. The van der Waals surface area contributed by atoms with E-state index in [0.717, 1.165) is 5.56 Å². The van der Waals surface area contributed by atoms with Crippen molar-refractivity contribution in [3.8, 4) is 11.6 Å². The average molecular weight is 542 g/mol. The van der Waals surface area contributed by atoms with Crippen LogP contribution in [0.3, 0.4) is 0 Å². The smallest absolute Gasteiger partial charge is 0.254 e. The molecule has 4 rings (SSSR count). The molecule has 1 aliphatic rings. The van der Waals surface area contributed by atoms with Crippen LogP contribution in [0.2, 0.25) is 5.02 Å². The molecule has 0 unspecified atom stereocenters. The number of methoxy groups -OCH3 is 1. The van der Waals surface area contributed by atoms with E-state index in [9.17, 15) is 9.59 Å². The number of hydrogen-bond acceptors (Lipinski definition) is 7. The van der Waals surface area contributed by atoms with Crippen molar-refractivity contribution in [2.45, 2.75) is 31.4 Å². The molecule has 1 fully saturated rings. The van der Waals surface area contributed by atoms with Gasteiger partial charge in [0.05, 0.1) is 26.7 Å². The molecule has 1 aromatic heterocycles. The molecule has 1 saturated heterocycles. The van der Waals surface area contributed by atoms with Crippen molar-refractivity contribution in [1.29, 1.82) is 0 Å². The van der Waals surface area contributed by atoms with Gasteiger partial charge in [-0.25, -0.2) is 0 Å². The summed E-state index contributed by atoms with van der Waals surface area (Å²) in [6, 6.07) is 18.4. The number of hydrogen-bond donors (Lipinski definition) is 0. The molecule has 0 N–H and O–H groups in total. The molecular formula is C28H32ClN3O6. The lowest BCUT2D eigenvalue weighted by Gasteiger charge is -2.42. The van der Waals surface area contributed by atoms with Gasteiger partial charge < -0.3 is 28.5 Å². The number of amides is 2. The van der Waals surface area contributed by atoms with Gasteiger partial charge in [-0.15, -0.1) is 0 Å². The average Bonchev–Trinajstić information content (AvgIpc) is 3.40. The van der Waals surface area contributed by atoms with E-state index in [1.807, 2.05) is 30.3 Å². The van der Waals surface area contributed by atoms with E-state index in [4.69, 9.17) is 30.3 Å². The molecule has 0 spiro atoms. The summed E-state index contributed by atoms with van der Waals surface area (Å²) in [7, 11) is 3.27. The highest BCUT2D eigenvalue weighted by atomic mass is 35.5. The lowest BCUT2D eigenvalue weighted by atomic mass is 9.96. The minimum atomic E-state index is -1.01. The van der Waals surface area contributed by atoms with Gasteiger partial charge in [-0.3, -0.25) is 9.59 Å². The minimum Gasteiger partial charge on any atom is -0.490 e. The molecule has 10 heteroatoms. The fourth-order valence-corrected chi connectivity index (χ4v) is 4.43. The number of benzene rings is 2. The number of aryl methyl sites for hydroxylation is 1. The van der Waals surface area contributed by atoms with Gasteiger partial charge in [0, 0.05) is 44.1 Å². The summed E-state index contributed by atoms with van der Waals surface area (Å²) in [6.07, 6.45) is 0.681. The molecule has 0 bridgehead atoms. The van der Waals surface area contributed by atoms with Crippen LogP contribution in [0.25, 0.3) is 0 Å². The number of carbonyl (C=O) groups is 2. The molecule has 202 valence electrons. The Labute approximate surface area is 227 Å². The maximum atomic E-state index is 13.3. The zero-order valence-electron chi connectivity index (χ0n) is 21.6. The highest BCUT2D eigenvalue weighted by molar-refractivity contribution is 6.30. The second-order valence-corrected chi connectivity index (χ2v) is 9.77. The van der Waals surface area contributed by atoms with Crippen molar-refractivity contribution in [2.24, 2.45) is 0 Å². The number of ether oxygens (including phenoxy) is 3. The maximum Gasteiger partial charge on any atom is 0.254 e. The number of morpholine rings is 1. The predicted octanol–water partition coefficient (Wildman–Crippen LogP) is 3.99. The van der Waals surface area contributed by atoms with Crippen LogP contribution < -0.4 is 9.47 Å². The summed E-state index contributed by atoms with van der Waals surface area (Å²) in [5.74, 6) is 1.38. The molecule has 0 saturated carbocycles. The van der Waals surface area contributed by atoms with Crippen LogP contribution in [-0.4, -0.2) is 72.8 Å². The zero-order chi connectivity index (χ0) is 27.0. The third-order valence-electron chi connectivity index (χ3n) is 6.41. The molecule has 2 heterocycles. The SMILES string of the molecule is COc1cc(CCC(=O)N2CCO[C@](COc3ccc(Cl)cc3)(CC(=O)N(C)Cc3ccccc3)C2)on1. The number of aromatic nitrogens is 1. The Morgan fingerprint density at radius 3 is 2.63 bits per heavy atom. The van der Waals surface area contributed by atoms with Crippen LogP contribution in [0.1, 0.15) is 24.2 Å². The van der Waals surface area contributed by atoms with Crippen molar-refractivity contribution in [2.75, 3.05) is 40.5 Å². The highest BCUT2D eigenvalue weighted by Gasteiger charge is 2.42. The molecule has 0 radical (unpaired) electrons. The number of rotatable bonds is 11. The summed E-state index contributed by atoms with van der Waals surface area (Å²) in [5.41, 5.74) is 0.0191. The highest BCUT2D eigenvalue weighted by Crippen LogP contribution is 2.27. The first kappa shape index (κ1) is 27.5. The van der Waals surface area contributed by atoms with Gasteiger partial charge in [-0.2, -0.15) is 0 Å². The van der Waals surface area contributed by atoms with E-state index in [-0.39, 0.29) is 37.8 Å². The molecule has 2 aromatic carbocycles. The van der Waals surface area contributed by atoms with Crippen LogP contribution in [0.15, 0.2) is 65.2 Å². The fourth-order valence-electron chi connectivity index (χ4n) is 4.30. The normalized spacial score (nSPS) is 17.2. The topological polar surface area (TPSA) is 94.3 Å². The fraction of sp³-hybridized carbons (Fsp3) is 0.393. The van der Waals surface area contributed by atoms with Gasteiger partial charge in [-0.1, -0.05) is 41.9 Å². The Hall–Kier alpha value is -3.56. The van der Waals surface area contributed by atoms with Crippen molar-refractivity contribution in [3.63, 3.8) is 0 Å². The van der Waals surface area contributed by atoms with Crippen molar-refractivity contribution < 1.29 is 28.3 Å². The molecule has 2 amide bonds. The Morgan fingerprint density at radius 2 is 1.92 bits per heavy atom. The molecule has 38 heavy (non-hydrogen) atoms. The first-order valence-electron chi connectivity index (χ1n) is 12.4. The summed E-state index contributed by atoms with van der Waals surface area (Å²) < 4.78 is 22.5. The Bertz CT molecular complexity index is 1200. The van der Waals surface area contributed by atoms with Crippen molar-refractivity contribution in [1.82, 2.24) is 15.0 Å². The zero-order valence-corrected chi connectivity index (χ0v) is 22.4. The van der Waals surface area contributed by atoms with E-state index < -0.39 is 5.60 Å². The van der Waals surface area contributed by atoms with Gasteiger partial charge >= 0.3 is 0 Å². The quantitative estimate of drug-likeness (QED) is 0.362. The lowest BCUT2D eigenvalue weighted by Crippen LogP contribution is -2.58. The summed E-state index contributed by atoms with van der Waals surface area (Å²) >= 11 is 6.00. The summed E-state index contributed by atoms with van der Waals surface area (Å²) in [4.78, 5) is 29.9. The van der Waals surface area contributed by atoms with Crippen LogP contribution in [0.5, 0.6) is 11.6 Å². The molecule has 9 nitrogen and oxygen atoms in total. The van der Waals surface area contributed by atoms with Gasteiger partial charge in [0.1, 0.15) is 23.7 Å². The minimum absolute atomic E-state index is 0.0625. The van der Waals surface area contributed by atoms with Crippen LogP contribution in [0.4, 0.5) is 0 Å². The van der Waals surface area contributed by atoms with E-state index >= 15 is 0 Å². The first-order chi connectivity index (χ1) is 18.4. The first-order valence-corrected chi connectivity index (χ1v) is 12.8. The third kappa shape index (κ3) is 7.49. The standard InChI is InChI=1S/C28H32ClN3O6/c1-31(18-21-6-4-3-5-7-21)27(34)17-28(20-36-23-10-8-22(29)9-11-23)19-32(14-15-37-28)26(33)13-12-24-16-25(35-2)30-38-24/h3-11,16H,12-15,17-20H2,1-2H3/t28-/m1/s1. The van der Waals surface area contributed by atoms with Crippen LogP contribution in [0, 0.1) is 0 Å². The summed E-state index contributed by atoms with van der Waals surface area (Å²) in [5, 5.41) is 4.37. The Kier molecular flexibility index (Phi) is 9.25. The van der Waals surface area contributed by atoms with E-state index in [1.165, 1.54) is 7.11 Å². The maximum absolute atomic E-state index is 13.3. The Morgan fingerprint density at radius 1 is 1.16 bits per heavy atom. The summed E-state index contributed by atoms with van der Waals surface area (Å²) in [6.45, 7) is 1.51. The Balaban J connectivity index is 1.44. The largest absolute Gasteiger partial charge is 0.490 e. The molecule has 1 atom stereocenters. The van der Waals surface area contributed by atoms with E-state index in [0.29, 0.717) is 48.5 Å². The molecule has 3 aromatic rings. The predicted molar refractivity (Wildman–Crippen MR) is 141 cm³/mol. The third-order valence-corrected chi connectivity index (χ3v) is 6.66. The van der Waals surface area contributed by atoms with E-state index in [2.05, 4.69) is 5.16 Å². The molecule has 1 aliphatic heterocycles. The van der Waals surface area contributed by atoms with Crippen LogP contribution in [-0.2, 0) is 27.3 Å². The monoisotopic (exact) mass is 541 g/mol.